The lowest BCUT2D eigenvalue weighted by molar-refractivity contribution is -0.143. The molecule has 2 rings (SSSR count). The van der Waals surface area contributed by atoms with Crippen LogP contribution in [0.2, 0.25) is 0 Å². The van der Waals surface area contributed by atoms with Gasteiger partial charge in [0.1, 0.15) is 5.52 Å². The van der Waals surface area contributed by atoms with Gasteiger partial charge in [0.2, 0.25) is 5.95 Å². The van der Waals surface area contributed by atoms with Crippen molar-refractivity contribution in [3.05, 3.63) is 18.2 Å². The first kappa shape index (κ1) is 15.3. The number of esters is 1. The smallest absolute Gasteiger partial charge is 0.307 e. The van der Waals surface area contributed by atoms with Crippen LogP contribution < -0.4 is 5.73 Å². The number of aryl methyl sites for hydroxylation is 1. The van der Waals surface area contributed by atoms with Crippen LogP contribution in [0, 0.1) is 0 Å². The average Bonchev–Trinajstić information content (AvgIpc) is 2.70. The summed E-state index contributed by atoms with van der Waals surface area (Å²) in [5.41, 5.74) is 6.73. The fourth-order valence-electron chi connectivity index (χ4n) is 2.11. The SMILES string of the molecule is CCOC(=O)CCn1c(N)nc2c(S(C)(=O)=O)cccc21. The lowest BCUT2D eigenvalue weighted by Crippen LogP contribution is -2.10. The fourth-order valence-corrected chi connectivity index (χ4v) is 2.94. The van der Waals surface area contributed by atoms with Gasteiger partial charge in [-0.25, -0.2) is 13.4 Å². The Bertz CT molecular complexity index is 780. The van der Waals surface area contributed by atoms with Gasteiger partial charge in [-0.1, -0.05) is 6.07 Å². The third kappa shape index (κ3) is 3.15. The lowest BCUT2D eigenvalue weighted by atomic mass is 10.3. The van der Waals surface area contributed by atoms with Crippen LogP contribution in [0.3, 0.4) is 0 Å². The molecule has 7 nitrogen and oxygen atoms in total. The zero-order valence-corrected chi connectivity index (χ0v) is 12.7. The van der Waals surface area contributed by atoms with Crippen LogP contribution in [-0.2, 0) is 25.9 Å². The van der Waals surface area contributed by atoms with E-state index in [9.17, 15) is 13.2 Å². The number of carbonyl (C=O) groups excluding carboxylic acids is 1. The Labute approximate surface area is 122 Å². The molecular formula is C13H17N3O4S. The number of hydrogen-bond donors (Lipinski definition) is 1. The standard InChI is InChI=1S/C13H17N3O4S/c1-3-20-11(17)7-8-16-9-5-4-6-10(21(2,18)19)12(9)15-13(16)14/h4-6H,3,7-8H2,1-2H3,(H2,14,15). The summed E-state index contributed by atoms with van der Waals surface area (Å²) in [5.74, 6) is -0.164. The van der Waals surface area contributed by atoms with Gasteiger partial charge in [0.25, 0.3) is 0 Å². The van der Waals surface area contributed by atoms with Crippen LogP contribution in [0.1, 0.15) is 13.3 Å². The van der Waals surface area contributed by atoms with E-state index in [0.29, 0.717) is 17.6 Å². The number of anilines is 1. The summed E-state index contributed by atoms with van der Waals surface area (Å²) in [6, 6.07) is 4.83. The number of nitrogen functional groups attached to an aromatic ring is 1. The number of sulfone groups is 1. The first-order chi connectivity index (χ1) is 9.84. The zero-order chi connectivity index (χ0) is 15.6. The molecule has 21 heavy (non-hydrogen) atoms. The highest BCUT2D eigenvalue weighted by molar-refractivity contribution is 7.91. The van der Waals surface area contributed by atoms with Crippen molar-refractivity contribution in [2.45, 2.75) is 24.8 Å². The zero-order valence-electron chi connectivity index (χ0n) is 11.9. The molecule has 8 heteroatoms. The maximum Gasteiger partial charge on any atom is 0.307 e. The quantitative estimate of drug-likeness (QED) is 0.825. The third-order valence-corrected chi connectivity index (χ3v) is 4.14. The van der Waals surface area contributed by atoms with Crippen molar-refractivity contribution < 1.29 is 17.9 Å². The molecule has 0 aliphatic heterocycles. The highest BCUT2D eigenvalue weighted by Gasteiger charge is 2.18. The van der Waals surface area contributed by atoms with Crippen LogP contribution in [0.5, 0.6) is 0 Å². The maximum absolute atomic E-state index is 11.8. The average molecular weight is 311 g/mol. The van der Waals surface area contributed by atoms with Crippen molar-refractivity contribution in [3.8, 4) is 0 Å². The van der Waals surface area contributed by atoms with Gasteiger partial charge < -0.3 is 15.0 Å². The van der Waals surface area contributed by atoms with Gasteiger partial charge in [0.15, 0.2) is 9.84 Å². The van der Waals surface area contributed by atoms with Gasteiger partial charge in [0.05, 0.1) is 23.4 Å². The van der Waals surface area contributed by atoms with Crippen molar-refractivity contribution in [2.24, 2.45) is 0 Å². The number of fused-ring (bicyclic) bond motifs is 1. The summed E-state index contributed by atoms with van der Waals surface area (Å²) >= 11 is 0. The summed E-state index contributed by atoms with van der Waals surface area (Å²) in [6.45, 7) is 2.34. The minimum atomic E-state index is -3.40. The predicted octanol–water partition coefficient (Wildman–Crippen LogP) is 0.975. The molecule has 1 aromatic heterocycles. The maximum atomic E-state index is 11.8. The van der Waals surface area contributed by atoms with E-state index < -0.39 is 9.84 Å². The van der Waals surface area contributed by atoms with Crippen LogP contribution in [0.4, 0.5) is 5.95 Å². The molecule has 0 spiro atoms. The second kappa shape index (κ2) is 5.72. The molecular weight excluding hydrogens is 294 g/mol. The Morgan fingerprint density at radius 2 is 2.14 bits per heavy atom. The van der Waals surface area contributed by atoms with Gasteiger partial charge in [-0.15, -0.1) is 0 Å². The number of benzene rings is 1. The van der Waals surface area contributed by atoms with Gasteiger partial charge in [0, 0.05) is 12.8 Å². The molecule has 2 aromatic rings. The molecule has 1 heterocycles. The van der Waals surface area contributed by atoms with E-state index in [4.69, 9.17) is 10.5 Å². The van der Waals surface area contributed by atoms with E-state index in [1.54, 1.807) is 23.6 Å². The topological polar surface area (TPSA) is 104 Å². The highest BCUT2D eigenvalue weighted by Crippen LogP contribution is 2.25. The second-order valence-electron chi connectivity index (χ2n) is 4.57. The first-order valence-corrected chi connectivity index (χ1v) is 8.34. The number of aromatic nitrogens is 2. The number of imidazole rings is 1. The number of para-hydroxylation sites is 1. The molecule has 0 aliphatic carbocycles. The Morgan fingerprint density at radius 1 is 1.43 bits per heavy atom. The van der Waals surface area contributed by atoms with E-state index in [0.717, 1.165) is 6.26 Å². The van der Waals surface area contributed by atoms with Gasteiger partial charge in [-0.3, -0.25) is 4.79 Å². The summed E-state index contributed by atoms with van der Waals surface area (Å²) in [5, 5.41) is 0. The molecule has 0 unspecified atom stereocenters. The fraction of sp³-hybridized carbons (Fsp3) is 0.385. The van der Waals surface area contributed by atoms with E-state index >= 15 is 0 Å². The molecule has 0 saturated carbocycles. The van der Waals surface area contributed by atoms with Gasteiger partial charge >= 0.3 is 5.97 Å². The summed E-state index contributed by atoms with van der Waals surface area (Å²) in [4.78, 5) is 15.7. The molecule has 0 bridgehead atoms. The Morgan fingerprint density at radius 3 is 2.76 bits per heavy atom. The van der Waals surface area contributed by atoms with Crippen LogP contribution in [0.25, 0.3) is 11.0 Å². The van der Waals surface area contributed by atoms with Crippen molar-refractivity contribution in [1.82, 2.24) is 9.55 Å². The van der Waals surface area contributed by atoms with Gasteiger partial charge in [-0.2, -0.15) is 0 Å². The number of nitrogens with zero attached hydrogens (tertiary/aromatic N) is 2. The van der Waals surface area contributed by atoms with Crippen LogP contribution >= 0.6 is 0 Å². The molecule has 0 amide bonds. The van der Waals surface area contributed by atoms with E-state index in [1.807, 2.05) is 0 Å². The van der Waals surface area contributed by atoms with Crippen LogP contribution in [0.15, 0.2) is 23.1 Å². The molecule has 2 N–H and O–H groups in total. The van der Waals surface area contributed by atoms with Crippen molar-refractivity contribution in [1.29, 1.82) is 0 Å². The normalized spacial score (nSPS) is 11.7. The second-order valence-corrected chi connectivity index (χ2v) is 6.56. The lowest BCUT2D eigenvalue weighted by Gasteiger charge is -2.06. The van der Waals surface area contributed by atoms with Gasteiger partial charge in [-0.05, 0) is 19.1 Å². The number of ether oxygens (including phenoxy) is 1. The third-order valence-electron chi connectivity index (χ3n) is 3.02. The van der Waals surface area contributed by atoms with E-state index in [1.165, 1.54) is 6.07 Å². The predicted molar refractivity (Wildman–Crippen MR) is 78.5 cm³/mol. The summed E-state index contributed by atoms with van der Waals surface area (Å²) in [6.07, 6.45) is 1.27. The van der Waals surface area contributed by atoms with Crippen molar-refractivity contribution >= 4 is 32.8 Å². The van der Waals surface area contributed by atoms with Crippen molar-refractivity contribution in [3.63, 3.8) is 0 Å². The van der Waals surface area contributed by atoms with E-state index in [2.05, 4.69) is 4.98 Å². The minimum Gasteiger partial charge on any atom is -0.466 e. The van der Waals surface area contributed by atoms with E-state index in [-0.39, 0.29) is 29.8 Å². The molecule has 0 atom stereocenters. The Kier molecular flexibility index (Phi) is 4.17. The molecule has 0 aliphatic rings. The number of nitrogens with two attached hydrogens (primary N) is 1. The molecule has 0 fully saturated rings. The van der Waals surface area contributed by atoms with Crippen molar-refractivity contribution in [2.75, 3.05) is 18.6 Å². The largest absolute Gasteiger partial charge is 0.466 e. The minimum absolute atomic E-state index is 0.126. The highest BCUT2D eigenvalue weighted by atomic mass is 32.2. The molecule has 1 aromatic carbocycles. The molecule has 114 valence electrons. The molecule has 0 saturated heterocycles. The number of rotatable bonds is 5. The summed E-state index contributed by atoms with van der Waals surface area (Å²) < 4.78 is 30.0. The Hall–Kier alpha value is -2.09. The first-order valence-electron chi connectivity index (χ1n) is 6.45. The van der Waals surface area contributed by atoms with Crippen LogP contribution in [-0.4, -0.2) is 36.8 Å². The number of carbonyl (C=O) groups is 1. The molecule has 0 radical (unpaired) electrons. The summed E-state index contributed by atoms with van der Waals surface area (Å²) in [7, 11) is -3.40. The Balaban J connectivity index is 2.42. The number of hydrogen-bond acceptors (Lipinski definition) is 6. The monoisotopic (exact) mass is 311 g/mol.